The van der Waals surface area contributed by atoms with Crippen LogP contribution in [0.25, 0.3) is 0 Å². The number of carboxylic acids is 2. The molecule has 2 N–H and O–H groups in total. The number of hydrogen-bond acceptors (Lipinski definition) is 2. The summed E-state index contributed by atoms with van der Waals surface area (Å²) in [6.07, 6.45) is 4.30. The number of benzene rings is 1. The SMILES string of the molecule is CCCC=C(CC)C(=O)O.Cc1ccc(C(=O)O)cc1. The molecule has 0 aromatic heterocycles. The van der Waals surface area contributed by atoms with E-state index in [-0.39, 0.29) is 0 Å². The fraction of sp³-hybridized carbons (Fsp3) is 0.375. The maximum absolute atomic E-state index is 10.4. The topological polar surface area (TPSA) is 74.6 Å². The molecule has 0 heterocycles. The predicted octanol–water partition coefficient (Wildman–Crippen LogP) is 3.90. The molecule has 0 spiro atoms. The van der Waals surface area contributed by atoms with Gasteiger partial charge >= 0.3 is 11.9 Å². The minimum absolute atomic E-state index is 0.339. The maximum atomic E-state index is 10.4. The quantitative estimate of drug-likeness (QED) is 0.801. The van der Waals surface area contributed by atoms with E-state index in [2.05, 4.69) is 0 Å². The van der Waals surface area contributed by atoms with Crippen LogP contribution in [0.2, 0.25) is 0 Å². The summed E-state index contributed by atoms with van der Waals surface area (Å²) in [6.45, 7) is 5.81. The molecule has 1 rings (SSSR count). The number of allylic oxidation sites excluding steroid dienone is 1. The summed E-state index contributed by atoms with van der Waals surface area (Å²) in [4.78, 5) is 20.7. The molecule has 4 nitrogen and oxygen atoms in total. The molecular weight excluding hydrogens is 256 g/mol. The van der Waals surface area contributed by atoms with Crippen LogP contribution >= 0.6 is 0 Å². The molecule has 0 atom stereocenters. The molecule has 4 heteroatoms. The lowest BCUT2D eigenvalue weighted by Gasteiger charge is -1.94. The van der Waals surface area contributed by atoms with Crippen LogP contribution in [0, 0.1) is 6.92 Å². The molecule has 0 radical (unpaired) electrons. The second kappa shape index (κ2) is 9.78. The summed E-state index contributed by atoms with van der Waals surface area (Å²) in [7, 11) is 0. The predicted molar refractivity (Wildman–Crippen MR) is 79.1 cm³/mol. The summed E-state index contributed by atoms with van der Waals surface area (Å²) >= 11 is 0. The number of aryl methyl sites for hydroxylation is 1. The third kappa shape index (κ3) is 7.36. The Labute approximate surface area is 119 Å². The van der Waals surface area contributed by atoms with E-state index in [4.69, 9.17) is 10.2 Å². The zero-order valence-corrected chi connectivity index (χ0v) is 12.2. The first-order chi connectivity index (χ1) is 9.42. The fourth-order valence-corrected chi connectivity index (χ4v) is 1.40. The molecule has 0 saturated heterocycles. The number of carbonyl (C=O) groups is 2. The van der Waals surface area contributed by atoms with Crippen molar-refractivity contribution in [2.75, 3.05) is 0 Å². The zero-order chi connectivity index (χ0) is 15.5. The van der Waals surface area contributed by atoms with Gasteiger partial charge in [-0.1, -0.05) is 44.0 Å². The smallest absolute Gasteiger partial charge is 0.335 e. The van der Waals surface area contributed by atoms with E-state index in [1.54, 1.807) is 30.3 Å². The lowest BCUT2D eigenvalue weighted by atomic mass is 10.1. The largest absolute Gasteiger partial charge is 0.478 e. The van der Waals surface area contributed by atoms with Gasteiger partial charge in [-0.3, -0.25) is 0 Å². The molecule has 0 aliphatic heterocycles. The number of rotatable bonds is 5. The van der Waals surface area contributed by atoms with Gasteiger partial charge in [-0.05, 0) is 31.9 Å². The van der Waals surface area contributed by atoms with Gasteiger partial charge in [-0.25, -0.2) is 9.59 Å². The first-order valence-electron chi connectivity index (χ1n) is 6.64. The van der Waals surface area contributed by atoms with Crippen LogP contribution in [0.5, 0.6) is 0 Å². The maximum Gasteiger partial charge on any atom is 0.335 e. The second-order valence-electron chi connectivity index (χ2n) is 4.35. The number of aromatic carboxylic acids is 1. The molecule has 0 saturated carbocycles. The zero-order valence-electron chi connectivity index (χ0n) is 12.2. The van der Waals surface area contributed by atoms with Crippen LogP contribution in [0.4, 0.5) is 0 Å². The Balaban J connectivity index is 0.000000361. The molecule has 110 valence electrons. The van der Waals surface area contributed by atoms with Crippen LogP contribution in [-0.4, -0.2) is 22.2 Å². The normalized spacial score (nSPS) is 10.4. The Morgan fingerprint density at radius 2 is 1.65 bits per heavy atom. The highest BCUT2D eigenvalue weighted by Gasteiger charge is 2.01. The van der Waals surface area contributed by atoms with Crippen molar-refractivity contribution < 1.29 is 19.8 Å². The van der Waals surface area contributed by atoms with Crippen molar-refractivity contribution in [3.63, 3.8) is 0 Å². The van der Waals surface area contributed by atoms with Gasteiger partial charge in [0.1, 0.15) is 0 Å². The van der Waals surface area contributed by atoms with Crippen molar-refractivity contribution in [1.29, 1.82) is 0 Å². The van der Waals surface area contributed by atoms with Crippen LogP contribution in [0.15, 0.2) is 35.9 Å². The molecule has 0 aliphatic rings. The van der Waals surface area contributed by atoms with Gasteiger partial charge in [0.05, 0.1) is 5.56 Å². The summed E-state index contributed by atoms with van der Waals surface area (Å²) in [5, 5.41) is 17.0. The first-order valence-corrected chi connectivity index (χ1v) is 6.64. The second-order valence-corrected chi connectivity index (χ2v) is 4.35. The third-order valence-corrected chi connectivity index (χ3v) is 2.63. The van der Waals surface area contributed by atoms with E-state index < -0.39 is 11.9 Å². The Hall–Kier alpha value is -2.10. The summed E-state index contributed by atoms with van der Waals surface area (Å²) in [5.41, 5.74) is 1.94. The van der Waals surface area contributed by atoms with Gasteiger partial charge < -0.3 is 10.2 Å². The average molecular weight is 278 g/mol. The van der Waals surface area contributed by atoms with Crippen LogP contribution in [0.3, 0.4) is 0 Å². The summed E-state index contributed by atoms with van der Waals surface area (Å²) in [6, 6.07) is 6.75. The number of hydrogen-bond donors (Lipinski definition) is 2. The highest BCUT2D eigenvalue weighted by molar-refractivity contribution is 5.87. The van der Waals surface area contributed by atoms with E-state index in [1.165, 1.54) is 0 Å². The first kappa shape index (κ1) is 17.9. The van der Waals surface area contributed by atoms with Crippen LogP contribution in [0.1, 0.15) is 49.0 Å². The van der Waals surface area contributed by atoms with E-state index in [0.717, 1.165) is 18.4 Å². The van der Waals surface area contributed by atoms with Crippen molar-refractivity contribution in [2.45, 2.75) is 40.0 Å². The number of carboxylic acid groups (broad SMARTS) is 2. The lowest BCUT2D eigenvalue weighted by Crippen LogP contribution is -1.98. The number of unbranched alkanes of at least 4 members (excludes halogenated alkanes) is 1. The molecule has 0 bridgehead atoms. The molecule has 0 unspecified atom stereocenters. The molecule has 0 amide bonds. The highest BCUT2D eigenvalue weighted by atomic mass is 16.4. The molecule has 1 aromatic rings. The van der Waals surface area contributed by atoms with Crippen molar-refractivity contribution in [3.8, 4) is 0 Å². The van der Waals surface area contributed by atoms with E-state index in [1.807, 2.05) is 20.8 Å². The molecule has 20 heavy (non-hydrogen) atoms. The Bertz CT molecular complexity index is 458. The standard InChI is InChI=1S/C8H8O2.C8H14O2/c1-6-2-4-7(5-3-6)8(9)10;1-3-5-6-7(4-2)8(9)10/h2-5H,1H3,(H,9,10);6H,3-5H2,1-2H3,(H,9,10). The minimum Gasteiger partial charge on any atom is -0.478 e. The van der Waals surface area contributed by atoms with Crippen LogP contribution in [-0.2, 0) is 4.79 Å². The van der Waals surface area contributed by atoms with E-state index in [9.17, 15) is 9.59 Å². The summed E-state index contributed by atoms with van der Waals surface area (Å²) in [5.74, 6) is -1.66. The highest BCUT2D eigenvalue weighted by Crippen LogP contribution is 2.03. The Morgan fingerprint density at radius 3 is 2.00 bits per heavy atom. The van der Waals surface area contributed by atoms with E-state index >= 15 is 0 Å². The average Bonchev–Trinajstić information content (AvgIpc) is 2.40. The van der Waals surface area contributed by atoms with Gasteiger partial charge in [-0.15, -0.1) is 0 Å². The van der Waals surface area contributed by atoms with Crippen molar-refractivity contribution in [1.82, 2.24) is 0 Å². The lowest BCUT2D eigenvalue weighted by molar-refractivity contribution is -0.132. The van der Waals surface area contributed by atoms with Crippen molar-refractivity contribution in [2.24, 2.45) is 0 Å². The van der Waals surface area contributed by atoms with Crippen LogP contribution < -0.4 is 0 Å². The van der Waals surface area contributed by atoms with Gasteiger partial charge in [0.2, 0.25) is 0 Å². The molecule has 0 fully saturated rings. The minimum atomic E-state index is -0.875. The fourth-order valence-electron chi connectivity index (χ4n) is 1.40. The van der Waals surface area contributed by atoms with Crippen molar-refractivity contribution >= 4 is 11.9 Å². The van der Waals surface area contributed by atoms with Gasteiger partial charge in [0.25, 0.3) is 0 Å². The van der Waals surface area contributed by atoms with Gasteiger partial charge in [-0.2, -0.15) is 0 Å². The molecular formula is C16H22O4. The summed E-state index contributed by atoms with van der Waals surface area (Å²) < 4.78 is 0. The van der Waals surface area contributed by atoms with Gasteiger partial charge in [0.15, 0.2) is 0 Å². The molecule has 0 aliphatic carbocycles. The number of aliphatic carboxylic acids is 1. The Morgan fingerprint density at radius 1 is 1.10 bits per heavy atom. The monoisotopic (exact) mass is 278 g/mol. The van der Waals surface area contributed by atoms with E-state index in [0.29, 0.717) is 17.6 Å². The van der Waals surface area contributed by atoms with Crippen molar-refractivity contribution in [3.05, 3.63) is 47.0 Å². The Kier molecular flexibility index (Phi) is 8.75. The third-order valence-electron chi connectivity index (χ3n) is 2.63. The molecule has 1 aromatic carbocycles. The van der Waals surface area contributed by atoms with Gasteiger partial charge in [0, 0.05) is 5.57 Å².